The van der Waals surface area contributed by atoms with E-state index in [1.165, 1.54) is 12.1 Å². The molecule has 0 N–H and O–H groups in total. The Morgan fingerprint density at radius 3 is 2.55 bits per heavy atom. The Bertz CT molecular complexity index is 734. The highest BCUT2D eigenvalue weighted by Crippen LogP contribution is 2.18. The van der Waals surface area contributed by atoms with Gasteiger partial charge in [0.2, 0.25) is 0 Å². The van der Waals surface area contributed by atoms with Gasteiger partial charge >= 0.3 is 0 Å². The minimum absolute atomic E-state index is 0.0792. The molecule has 0 amide bonds. The lowest BCUT2D eigenvalue weighted by atomic mass is 10.1. The van der Waals surface area contributed by atoms with Crippen LogP contribution in [0.25, 0.3) is 6.08 Å². The maximum Gasteiger partial charge on any atom is 0.269 e. The van der Waals surface area contributed by atoms with Gasteiger partial charge in [0.25, 0.3) is 5.69 Å². The SMILES string of the molecule is O=[N+]([O-])c1ccc(/C=C2/CN=C(Cc3ccccc3)O2)cc1. The molecule has 2 aromatic rings. The van der Waals surface area contributed by atoms with Gasteiger partial charge in [0.15, 0.2) is 5.90 Å². The lowest BCUT2D eigenvalue weighted by Crippen LogP contribution is -2.02. The van der Waals surface area contributed by atoms with E-state index < -0.39 is 4.92 Å². The molecule has 1 aliphatic heterocycles. The molecule has 22 heavy (non-hydrogen) atoms. The number of ether oxygens (including phenoxy) is 1. The Balaban J connectivity index is 1.64. The van der Waals surface area contributed by atoms with Crippen LogP contribution in [0.4, 0.5) is 5.69 Å². The minimum Gasteiger partial charge on any atom is -0.445 e. The molecule has 5 nitrogen and oxygen atoms in total. The molecule has 1 aliphatic rings. The maximum absolute atomic E-state index is 10.6. The number of non-ortho nitro benzene ring substituents is 1. The molecule has 0 unspecified atom stereocenters. The van der Waals surface area contributed by atoms with Crippen molar-refractivity contribution in [3.63, 3.8) is 0 Å². The van der Waals surface area contributed by atoms with E-state index in [1.54, 1.807) is 12.1 Å². The van der Waals surface area contributed by atoms with Crippen LogP contribution in [0.1, 0.15) is 11.1 Å². The van der Waals surface area contributed by atoms with Gasteiger partial charge in [-0.25, -0.2) is 4.99 Å². The molecule has 2 aromatic carbocycles. The van der Waals surface area contributed by atoms with E-state index in [4.69, 9.17) is 4.74 Å². The van der Waals surface area contributed by atoms with Gasteiger partial charge in [-0.15, -0.1) is 0 Å². The molecule has 0 aliphatic carbocycles. The third-order valence-corrected chi connectivity index (χ3v) is 3.29. The van der Waals surface area contributed by atoms with E-state index in [9.17, 15) is 10.1 Å². The van der Waals surface area contributed by atoms with Crippen LogP contribution < -0.4 is 0 Å². The second-order valence-corrected chi connectivity index (χ2v) is 4.93. The summed E-state index contributed by atoms with van der Waals surface area (Å²) in [5.74, 6) is 1.44. The van der Waals surface area contributed by atoms with Crippen LogP contribution in [-0.4, -0.2) is 17.4 Å². The highest BCUT2D eigenvalue weighted by molar-refractivity contribution is 5.82. The zero-order valence-corrected chi connectivity index (χ0v) is 11.8. The molecule has 0 aromatic heterocycles. The van der Waals surface area contributed by atoms with E-state index in [2.05, 4.69) is 4.99 Å². The van der Waals surface area contributed by atoms with Crippen molar-refractivity contribution >= 4 is 17.7 Å². The molecule has 0 atom stereocenters. The first-order chi connectivity index (χ1) is 10.7. The fraction of sp³-hybridized carbons (Fsp3) is 0.118. The standard InChI is InChI=1S/C17H14N2O3/c20-19(21)15-8-6-14(7-9-15)10-16-12-18-17(22-16)11-13-4-2-1-3-5-13/h1-10H,11-12H2/b16-10-. The first-order valence-electron chi connectivity index (χ1n) is 6.91. The summed E-state index contributed by atoms with van der Waals surface area (Å²) in [7, 11) is 0. The summed E-state index contributed by atoms with van der Waals surface area (Å²) in [5, 5.41) is 10.6. The third-order valence-electron chi connectivity index (χ3n) is 3.29. The summed E-state index contributed by atoms with van der Waals surface area (Å²) in [4.78, 5) is 14.6. The Kier molecular flexibility index (Phi) is 3.96. The first kappa shape index (κ1) is 14.0. The molecule has 0 fully saturated rings. The average Bonchev–Trinajstić information content (AvgIpc) is 2.96. The smallest absolute Gasteiger partial charge is 0.269 e. The number of nitro groups is 1. The van der Waals surface area contributed by atoms with Crippen molar-refractivity contribution in [1.82, 2.24) is 0 Å². The fourth-order valence-electron chi connectivity index (χ4n) is 2.20. The largest absolute Gasteiger partial charge is 0.445 e. The molecule has 0 spiro atoms. The second kappa shape index (κ2) is 6.22. The van der Waals surface area contributed by atoms with Gasteiger partial charge < -0.3 is 4.74 Å². The van der Waals surface area contributed by atoms with Gasteiger partial charge in [-0.1, -0.05) is 30.3 Å². The number of hydrogen-bond acceptors (Lipinski definition) is 4. The zero-order chi connectivity index (χ0) is 15.4. The van der Waals surface area contributed by atoms with Crippen molar-refractivity contribution in [1.29, 1.82) is 0 Å². The van der Waals surface area contributed by atoms with Crippen molar-refractivity contribution in [2.24, 2.45) is 4.99 Å². The number of hydrogen-bond donors (Lipinski definition) is 0. The fourth-order valence-corrected chi connectivity index (χ4v) is 2.20. The number of aliphatic imine (C=N–C) groups is 1. The molecule has 5 heteroatoms. The van der Waals surface area contributed by atoms with Crippen LogP contribution in [0.5, 0.6) is 0 Å². The summed E-state index contributed by atoms with van der Waals surface area (Å²) in [6, 6.07) is 16.4. The molecule has 0 saturated heterocycles. The minimum atomic E-state index is -0.413. The van der Waals surface area contributed by atoms with Gasteiger partial charge in [-0.3, -0.25) is 10.1 Å². The van der Waals surface area contributed by atoms with E-state index in [0.717, 1.165) is 16.9 Å². The Morgan fingerprint density at radius 1 is 1.14 bits per heavy atom. The summed E-state index contributed by atoms with van der Waals surface area (Å²) < 4.78 is 5.72. The van der Waals surface area contributed by atoms with Gasteiger partial charge in [0.05, 0.1) is 4.92 Å². The van der Waals surface area contributed by atoms with Crippen molar-refractivity contribution in [2.45, 2.75) is 6.42 Å². The summed E-state index contributed by atoms with van der Waals surface area (Å²) in [5.41, 5.74) is 2.09. The second-order valence-electron chi connectivity index (χ2n) is 4.93. The van der Waals surface area contributed by atoms with Crippen LogP contribution in [0.2, 0.25) is 0 Å². The van der Waals surface area contributed by atoms with Gasteiger partial charge in [-0.2, -0.15) is 0 Å². The topological polar surface area (TPSA) is 64.7 Å². The zero-order valence-electron chi connectivity index (χ0n) is 11.8. The van der Waals surface area contributed by atoms with E-state index in [0.29, 0.717) is 18.9 Å². The number of nitro benzene ring substituents is 1. The highest BCUT2D eigenvalue weighted by atomic mass is 16.6. The summed E-state index contributed by atoms with van der Waals surface area (Å²) in [6.45, 7) is 0.499. The third kappa shape index (κ3) is 3.38. The van der Waals surface area contributed by atoms with Crippen molar-refractivity contribution < 1.29 is 9.66 Å². The van der Waals surface area contributed by atoms with Gasteiger partial charge in [-0.05, 0) is 29.3 Å². The van der Waals surface area contributed by atoms with Crippen LogP contribution >= 0.6 is 0 Å². The van der Waals surface area contributed by atoms with E-state index >= 15 is 0 Å². The van der Waals surface area contributed by atoms with Gasteiger partial charge in [0.1, 0.15) is 12.3 Å². The predicted octanol–water partition coefficient (Wildman–Crippen LogP) is 3.61. The van der Waals surface area contributed by atoms with Crippen LogP contribution in [0.3, 0.4) is 0 Å². The lowest BCUT2D eigenvalue weighted by molar-refractivity contribution is -0.384. The van der Waals surface area contributed by atoms with Crippen molar-refractivity contribution in [3.8, 4) is 0 Å². The molecular formula is C17H14N2O3. The van der Waals surface area contributed by atoms with Crippen molar-refractivity contribution in [2.75, 3.05) is 6.54 Å². The highest BCUT2D eigenvalue weighted by Gasteiger charge is 2.14. The van der Waals surface area contributed by atoms with Gasteiger partial charge in [0, 0.05) is 18.6 Å². The van der Waals surface area contributed by atoms with E-state index in [1.807, 2.05) is 36.4 Å². The normalized spacial score (nSPS) is 15.5. The summed E-state index contributed by atoms with van der Waals surface area (Å²) in [6.07, 6.45) is 2.52. The first-order valence-corrected chi connectivity index (χ1v) is 6.91. The van der Waals surface area contributed by atoms with Crippen LogP contribution in [0.15, 0.2) is 65.3 Å². The maximum atomic E-state index is 10.6. The molecule has 110 valence electrons. The number of rotatable bonds is 4. The van der Waals surface area contributed by atoms with E-state index in [-0.39, 0.29) is 5.69 Å². The Labute approximate surface area is 127 Å². The molecule has 0 saturated carbocycles. The van der Waals surface area contributed by atoms with Crippen LogP contribution in [0, 0.1) is 10.1 Å². The lowest BCUT2D eigenvalue weighted by Gasteiger charge is -2.03. The molecular weight excluding hydrogens is 280 g/mol. The molecule has 0 bridgehead atoms. The molecule has 3 rings (SSSR count). The predicted molar refractivity (Wildman–Crippen MR) is 84.6 cm³/mol. The average molecular weight is 294 g/mol. The molecule has 1 heterocycles. The monoisotopic (exact) mass is 294 g/mol. The van der Waals surface area contributed by atoms with Crippen molar-refractivity contribution in [3.05, 3.63) is 81.6 Å². The Morgan fingerprint density at radius 2 is 1.86 bits per heavy atom. The van der Waals surface area contributed by atoms with Crippen LogP contribution in [-0.2, 0) is 11.2 Å². The summed E-state index contributed by atoms with van der Waals surface area (Å²) >= 11 is 0. The molecule has 0 radical (unpaired) electrons. The number of nitrogens with zero attached hydrogens (tertiary/aromatic N) is 2. The Hall–Kier alpha value is -2.95. The quantitative estimate of drug-likeness (QED) is 0.639. The number of benzene rings is 2.